The smallest absolute Gasteiger partial charge is 0.230 e. The third-order valence-corrected chi connectivity index (χ3v) is 6.67. The molecule has 25 heavy (non-hydrogen) atoms. The van der Waals surface area contributed by atoms with Crippen molar-refractivity contribution in [3.63, 3.8) is 0 Å². The molecule has 0 saturated heterocycles. The fourth-order valence-electron chi connectivity index (χ4n) is 1.97. The molecule has 0 bridgehead atoms. The minimum absolute atomic E-state index is 0.0523. The third-order valence-electron chi connectivity index (χ3n) is 3.46. The number of nitrogens with two attached hydrogens (primary N) is 1. The molecular formula is C16H20N4O2S3. The van der Waals surface area contributed by atoms with Gasteiger partial charge >= 0.3 is 0 Å². The van der Waals surface area contributed by atoms with Crippen LogP contribution in [0.15, 0.2) is 26.9 Å². The number of carbonyl (C=O) groups excluding carboxylic acids is 2. The molecule has 0 aliphatic heterocycles. The molecule has 0 saturated carbocycles. The van der Waals surface area contributed by atoms with Crippen molar-refractivity contribution in [1.29, 1.82) is 0 Å². The summed E-state index contributed by atoms with van der Waals surface area (Å²) in [6.45, 7) is 6.10. The lowest BCUT2D eigenvalue weighted by Gasteiger charge is -2.15. The van der Waals surface area contributed by atoms with E-state index in [1.165, 1.54) is 46.0 Å². The zero-order valence-corrected chi connectivity index (χ0v) is 16.7. The summed E-state index contributed by atoms with van der Waals surface area (Å²) in [6, 6.07) is 6.14. The molecule has 0 spiro atoms. The lowest BCUT2D eigenvalue weighted by molar-refractivity contribution is -0.119. The van der Waals surface area contributed by atoms with E-state index in [-0.39, 0.29) is 23.5 Å². The summed E-state index contributed by atoms with van der Waals surface area (Å²) in [6.07, 6.45) is 0. The van der Waals surface area contributed by atoms with E-state index < -0.39 is 5.91 Å². The number of aryl methyl sites for hydroxylation is 2. The first-order valence-electron chi connectivity index (χ1n) is 7.59. The largest absolute Gasteiger partial charge is 0.369 e. The first-order valence-corrected chi connectivity index (χ1v) is 10.4. The standard InChI is InChI=1S/C16H20N4O2S3/c1-9-4-5-12(6-10(9)2)11(3)18-14(22)8-24-16-20-19-15(25-16)23-7-13(17)21/h4-6,11H,7-8H2,1-3H3,(H2,17,21)(H,18,22). The highest BCUT2D eigenvalue weighted by atomic mass is 32.2. The minimum Gasteiger partial charge on any atom is -0.369 e. The fourth-order valence-corrected chi connectivity index (χ4v) is 4.54. The summed E-state index contributed by atoms with van der Waals surface area (Å²) in [5.74, 6) is -0.0104. The number of nitrogens with one attached hydrogen (secondary N) is 1. The summed E-state index contributed by atoms with van der Waals surface area (Å²) < 4.78 is 1.37. The molecule has 0 radical (unpaired) electrons. The van der Waals surface area contributed by atoms with Gasteiger partial charge in [0.25, 0.3) is 0 Å². The molecule has 3 N–H and O–H groups in total. The Kier molecular flexibility index (Phi) is 7.27. The molecule has 0 aliphatic carbocycles. The second-order valence-electron chi connectivity index (χ2n) is 5.51. The van der Waals surface area contributed by atoms with Crippen molar-refractivity contribution in [2.75, 3.05) is 11.5 Å². The Labute approximate surface area is 159 Å². The summed E-state index contributed by atoms with van der Waals surface area (Å²) in [7, 11) is 0. The van der Waals surface area contributed by atoms with E-state index in [1.807, 2.05) is 13.0 Å². The highest BCUT2D eigenvalue weighted by Gasteiger charge is 2.13. The van der Waals surface area contributed by atoms with E-state index in [2.05, 4.69) is 41.5 Å². The van der Waals surface area contributed by atoms with Gasteiger partial charge < -0.3 is 11.1 Å². The molecular weight excluding hydrogens is 376 g/mol. The van der Waals surface area contributed by atoms with E-state index in [1.54, 1.807) is 0 Å². The van der Waals surface area contributed by atoms with Crippen LogP contribution in [0, 0.1) is 13.8 Å². The number of primary amides is 1. The van der Waals surface area contributed by atoms with Gasteiger partial charge in [-0.15, -0.1) is 10.2 Å². The minimum atomic E-state index is -0.394. The van der Waals surface area contributed by atoms with Gasteiger partial charge in [0.2, 0.25) is 11.8 Å². The van der Waals surface area contributed by atoms with Gasteiger partial charge in [0, 0.05) is 0 Å². The molecule has 9 heteroatoms. The quantitative estimate of drug-likeness (QED) is 0.666. The topological polar surface area (TPSA) is 98.0 Å². The van der Waals surface area contributed by atoms with E-state index in [4.69, 9.17) is 5.73 Å². The average Bonchev–Trinajstić information content (AvgIpc) is 3.01. The van der Waals surface area contributed by atoms with Gasteiger partial charge in [-0.2, -0.15) is 0 Å². The van der Waals surface area contributed by atoms with E-state index in [0.29, 0.717) is 8.68 Å². The number of amides is 2. The van der Waals surface area contributed by atoms with Crippen molar-refractivity contribution < 1.29 is 9.59 Å². The Bertz CT molecular complexity index is 764. The fraction of sp³-hybridized carbons (Fsp3) is 0.375. The maximum absolute atomic E-state index is 12.1. The van der Waals surface area contributed by atoms with E-state index >= 15 is 0 Å². The Balaban J connectivity index is 1.82. The van der Waals surface area contributed by atoms with Gasteiger partial charge in [-0.05, 0) is 37.5 Å². The highest BCUT2D eigenvalue weighted by Crippen LogP contribution is 2.28. The SMILES string of the molecule is Cc1ccc(C(C)NC(=O)CSc2nnc(SCC(N)=O)s2)cc1C. The lowest BCUT2D eigenvalue weighted by Crippen LogP contribution is -2.28. The Morgan fingerprint density at radius 2 is 1.80 bits per heavy atom. The molecule has 2 amide bonds. The molecule has 2 aromatic rings. The first kappa shape index (κ1) is 19.7. The monoisotopic (exact) mass is 396 g/mol. The molecule has 1 aromatic carbocycles. The number of carbonyl (C=O) groups is 2. The summed E-state index contributed by atoms with van der Waals surface area (Å²) in [5.41, 5.74) is 8.63. The number of aromatic nitrogens is 2. The molecule has 1 aromatic heterocycles. The van der Waals surface area contributed by atoms with Crippen LogP contribution in [0.3, 0.4) is 0 Å². The second kappa shape index (κ2) is 9.21. The van der Waals surface area contributed by atoms with E-state index in [9.17, 15) is 9.59 Å². The molecule has 0 aliphatic rings. The van der Waals surface area contributed by atoms with E-state index in [0.717, 1.165) is 5.56 Å². The lowest BCUT2D eigenvalue weighted by atomic mass is 10.0. The van der Waals surface area contributed by atoms with Gasteiger partial charge in [-0.1, -0.05) is 53.1 Å². The molecule has 1 unspecified atom stereocenters. The summed E-state index contributed by atoms with van der Waals surface area (Å²) >= 11 is 3.93. The predicted molar refractivity (Wildman–Crippen MR) is 103 cm³/mol. The molecule has 1 atom stereocenters. The zero-order valence-electron chi connectivity index (χ0n) is 14.2. The van der Waals surface area contributed by atoms with Gasteiger partial charge in [-0.3, -0.25) is 9.59 Å². The number of thioether (sulfide) groups is 2. The zero-order chi connectivity index (χ0) is 18.4. The van der Waals surface area contributed by atoms with Crippen LogP contribution in [0.25, 0.3) is 0 Å². The van der Waals surface area contributed by atoms with Gasteiger partial charge in [0.15, 0.2) is 8.68 Å². The maximum atomic E-state index is 12.1. The Morgan fingerprint density at radius 1 is 1.16 bits per heavy atom. The summed E-state index contributed by atoms with van der Waals surface area (Å²) in [4.78, 5) is 22.9. The third kappa shape index (κ3) is 6.33. The van der Waals surface area contributed by atoms with Crippen LogP contribution in [-0.4, -0.2) is 33.5 Å². The molecule has 6 nitrogen and oxygen atoms in total. The first-order chi connectivity index (χ1) is 11.8. The number of nitrogens with zero attached hydrogens (tertiary/aromatic N) is 2. The second-order valence-corrected chi connectivity index (χ2v) is 8.93. The molecule has 2 rings (SSSR count). The van der Waals surface area contributed by atoms with Crippen molar-refractivity contribution >= 4 is 46.7 Å². The summed E-state index contributed by atoms with van der Waals surface area (Å²) in [5, 5.41) is 11.0. The van der Waals surface area contributed by atoms with Crippen LogP contribution >= 0.6 is 34.9 Å². The number of hydrogen-bond acceptors (Lipinski definition) is 7. The van der Waals surface area contributed by atoms with Crippen LogP contribution in [0.5, 0.6) is 0 Å². The van der Waals surface area contributed by atoms with Crippen molar-refractivity contribution in [3.8, 4) is 0 Å². The van der Waals surface area contributed by atoms with Crippen LogP contribution in [-0.2, 0) is 9.59 Å². The van der Waals surface area contributed by atoms with Gasteiger partial charge in [-0.25, -0.2) is 0 Å². The highest BCUT2D eigenvalue weighted by molar-refractivity contribution is 8.03. The number of hydrogen-bond donors (Lipinski definition) is 2. The number of rotatable bonds is 8. The van der Waals surface area contributed by atoms with Crippen LogP contribution < -0.4 is 11.1 Å². The average molecular weight is 397 g/mol. The molecule has 134 valence electrons. The normalized spacial score (nSPS) is 12.0. The predicted octanol–water partition coefficient (Wildman–Crippen LogP) is 2.70. The Morgan fingerprint density at radius 3 is 2.40 bits per heavy atom. The van der Waals surface area contributed by atoms with Gasteiger partial charge in [0.1, 0.15) is 0 Å². The van der Waals surface area contributed by atoms with Crippen molar-refractivity contribution in [1.82, 2.24) is 15.5 Å². The van der Waals surface area contributed by atoms with Crippen molar-refractivity contribution in [2.24, 2.45) is 5.73 Å². The van der Waals surface area contributed by atoms with Crippen LogP contribution in [0.2, 0.25) is 0 Å². The maximum Gasteiger partial charge on any atom is 0.230 e. The molecule has 0 fully saturated rings. The van der Waals surface area contributed by atoms with Gasteiger partial charge in [0.05, 0.1) is 17.5 Å². The number of benzene rings is 1. The van der Waals surface area contributed by atoms with Crippen molar-refractivity contribution in [2.45, 2.75) is 35.5 Å². The van der Waals surface area contributed by atoms with Crippen LogP contribution in [0.4, 0.5) is 0 Å². The van der Waals surface area contributed by atoms with Crippen LogP contribution in [0.1, 0.15) is 29.7 Å². The Hall–Kier alpha value is -1.58. The molecule has 1 heterocycles. The van der Waals surface area contributed by atoms with Crippen molar-refractivity contribution in [3.05, 3.63) is 34.9 Å².